The minimum Gasteiger partial charge on any atom is -0.351 e. The van der Waals surface area contributed by atoms with Crippen LogP contribution in [0.4, 0.5) is 0 Å². The summed E-state index contributed by atoms with van der Waals surface area (Å²) in [5, 5.41) is 8.44. The fourth-order valence-electron chi connectivity index (χ4n) is 2.83. The molecule has 0 bridgehead atoms. The molecule has 23 heavy (non-hydrogen) atoms. The van der Waals surface area contributed by atoms with Crippen molar-refractivity contribution in [1.82, 2.24) is 10.6 Å². The number of hydrogen-bond acceptors (Lipinski definition) is 3. The van der Waals surface area contributed by atoms with Crippen molar-refractivity contribution in [3.05, 3.63) is 33.1 Å². The number of rotatable bonds is 4. The first-order chi connectivity index (χ1) is 10.6. The fraction of sp³-hybridized carbons (Fsp3) is 0.438. The molecule has 1 aliphatic heterocycles. The van der Waals surface area contributed by atoms with Crippen molar-refractivity contribution in [1.29, 1.82) is 0 Å². The van der Waals surface area contributed by atoms with Gasteiger partial charge in [0, 0.05) is 21.7 Å². The van der Waals surface area contributed by atoms with E-state index in [0.717, 1.165) is 29.6 Å². The van der Waals surface area contributed by atoms with Crippen molar-refractivity contribution in [2.45, 2.75) is 19.3 Å². The van der Waals surface area contributed by atoms with E-state index in [2.05, 4.69) is 10.6 Å². The first-order valence-electron chi connectivity index (χ1n) is 7.51. The summed E-state index contributed by atoms with van der Waals surface area (Å²) in [6.07, 6.45) is 3.47. The van der Waals surface area contributed by atoms with Crippen LogP contribution >= 0.6 is 46.9 Å². The number of hydrogen-bond donors (Lipinski definition) is 2. The number of benzene rings is 1. The number of nitrogens with one attached hydrogen (secondary N) is 2. The molecule has 1 aromatic carbocycles. The summed E-state index contributed by atoms with van der Waals surface area (Å²) in [4.78, 5) is 12.9. The lowest BCUT2D eigenvalue weighted by molar-refractivity contribution is 0.0955. The minimum absolute atomic E-state index is 0. The van der Waals surface area contributed by atoms with E-state index >= 15 is 0 Å². The Morgan fingerprint density at radius 1 is 1.39 bits per heavy atom. The van der Waals surface area contributed by atoms with Crippen LogP contribution in [0.3, 0.4) is 0 Å². The van der Waals surface area contributed by atoms with E-state index in [1.807, 2.05) is 12.1 Å². The fourth-order valence-corrected chi connectivity index (χ4v) is 4.53. The molecule has 3 rings (SSSR count). The van der Waals surface area contributed by atoms with E-state index in [1.54, 1.807) is 6.07 Å². The van der Waals surface area contributed by atoms with Gasteiger partial charge in [-0.1, -0.05) is 29.3 Å². The van der Waals surface area contributed by atoms with Gasteiger partial charge in [0.2, 0.25) is 0 Å². The van der Waals surface area contributed by atoms with Gasteiger partial charge in [0.25, 0.3) is 5.91 Å². The summed E-state index contributed by atoms with van der Waals surface area (Å²) in [5.41, 5.74) is 0. The highest BCUT2D eigenvalue weighted by Gasteiger charge is 2.18. The Bertz CT molecular complexity index is 683. The third-order valence-corrected chi connectivity index (χ3v) is 5.93. The molecular formula is C16H19Cl3N2OS. The topological polar surface area (TPSA) is 41.1 Å². The van der Waals surface area contributed by atoms with Crippen LogP contribution < -0.4 is 10.6 Å². The Hall–Kier alpha value is -0.520. The van der Waals surface area contributed by atoms with Crippen molar-refractivity contribution >= 4 is 62.9 Å². The molecular weight excluding hydrogens is 375 g/mol. The second-order valence-electron chi connectivity index (χ2n) is 5.64. The van der Waals surface area contributed by atoms with Crippen molar-refractivity contribution in [3.63, 3.8) is 0 Å². The number of carbonyl (C=O) groups excluding carboxylic acids is 1. The minimum atomic E-state index is -0.0916. The highest BCUT2D eigenvalue weighted by atomic mass is 35.5. The van der Waals surface area contributed by atoms with Crippen LogP contribution in [0.2, 0.25) is 10.0 Å². The lowest BCUT2D eigenvalue weighted by Gasteiger charge is -2.22. The van der Waals surface area contributed by atoms with Gasteiger partial charge in [0.15, 0.2) is 0 Å². The molecule has 1 aromatic heterocycles. The Morgan fingerprint density at radius 2 is 2.22 bits per heavy atom. The number of halogens is 3. The van der Waals surface area contributed by atoms with Gasteiger partial charge in [0.1, 0.15) is 4.88 Å². The maximum atomic E-state index is 12.3. The first kappa shape index (κ1) is 18.8. The molecule has 0 aliphatic carbocycles. The van der Waals surface area contributed by atoms with Crippen LogP contribution in [0.5, 0.6) is 0 Å². The maximum absolute atomic E-state index is 12.3. The van der Waals surface area contributed by atoms with Gasteiger partial charge >= 0.3 is 0 Å². The van der Waals surface area contributed by atoms with Gasteiger partial charge in [-0.25, -0.2) is 0 Å². The molecule has 0 radical (unpaired) electrons. The molecule has 1 amide bonds. The van der Waals surface area contributed by atoms with Crippen molar-refractivity contribution < 1.29 is 4.79 Å². The molecule has 0 saturated carbocycles. The average Bonchev–Trinajstić information content (AvgIpc) is 2.84. The van der Waals surface area contributed by atoms with Gasteiger partial charge in [-0.05, 0) is 50.4 Å². The Labute approximate surface area is 156 Å². The van der Waals surface area contributed by atoms with Gasteiger partial charge < -0.3 is 10.6 Å². The van der Waals surface area contributed by atoms with Crippen molar-refractivity contribution in [2.75, 3.05) is 19.6 Å². The van der Waals surface area contributed by atoms with Crippen molar-refractivity contribution in [2.24, 2.45) is 5.92 Å². The summed E-state index contributed by atoms with van der Waals surface area (Å²) in [6, 6.07) is 5.50. The summed E-state index contributed by atoms with van der Waals surface area (Å²) >= 11 is 13.7. The molecule has 0 spiro atoms. The van der Waals surface area contributed by atoms with E-state index in [0.29, 0.717) is 27.4 Å². The summed E-state index contributed by atoms with van der Waals surface area (Å²) in [5.74, 6) is 0.567. The normalized spacial score (nSPS) is 17.7. The van der Waals surface area contributed by atoms with E-state index in [-0.39, 0.29) is 18.3 Å². The van der Waals surface area contributed by atoms with E-state index < -0.39 is 0 Å². The zero-order valence-electron chi connectivity index (χ0n) is 12.5. The predicted octanol–water partition coefficient (Wildman–Crippen LogP) is 4.75. The molecule has 1 saturated heterocycles. The van der Waals surface area contributed by atoms with E-state index in [4.69, 9.17) is 23.2 Å². The molecule has 126 valence electrons. The van der Waals surface area contributed by atoms with Crippen molar-refractivity contribution in [3.8, 4) is 0 Å². The maximum Gasteiger partial charge on any atom is 0.262 e. The molecule has 1 aliphatic rings. The molecule has 1 unspecified atom stereocenters. The SMILES string of the molecule is Cl.O=C(NCCC1CCCNC1)c1sc2cc(Cl)ccc2c1Cl. The Morgan fingerprint density at radius 3 is 2.96 bits per heavy atom. The molecule has 1 atom stereocenters. The van der Waals surface area contributed by atoms with Crippen LogP contribution in [-0.4, -0.2) is 25.5 Å². The molecule has 1 fully saturated rings. The summed E-state index contributed by atoms with van der Waals surface area (Å²) in [7, 11) is 0. The predicted molar refractivity (Wildman–Crippen MR) is 102 cm³/mol. The molecule has 7 heteroatoms. The van der Waals surface area contributed by atoms with E-state index in [1.165, 1.54) is 24.2 Å². The van der Waals surface area contributed by atoms with Gasteiger partial charge in [0.05, 0.1) is 5.02 Å². The second kappa shape index (κ2) is 8.54. The van der Waals surface area contributed by atoms with Gasteiger partial charge in [-0.2, -0.15) is 0 Å². The van der Waals surface area contributed by atoms with Crippen LogP contribution in [0.15, 0.2) is 18.2 Å². The summed E-state index contributed by atoms with van der Waals surface area (Å²) in [6.45, 7) is 2.86. The molecule has 2 aromatic rings. The smallest absolute Gasteiger partial charge is 0.262 e. The number of piperidine rings is 1. The third kappa shape index (κ3) is 4.52. The van der Waals surface area contributed by atoms with Crippen LogP contribution in [0, 0.1) is 5.92 Å². The quantitative estimate of drug-likeness (QED) is 0.787. The average molecular weight is 394 g/mol. The van der Waals surface area contributed by atoms with E-state index in [9.17, 15) is 4.79 Å². The van der Waals surface area contributed by atoms with Gasteiger partial charge in [-0.3, -0.25) is 4.79 Å². The largest absolute Gasteiger partial charge is 0.351 e. The molecule has 2 heterocycles. The van der Waals surface area contributed by atoms with Crippen LogP contribution in [0.25, 0.3) is 10.1 Å². The third-order valence-electron chi connectivity index (χ3n) is 4.03. The number of fused-ring (bicyclic) bond motifs is 1. The zero-order valence-corrected chi connectivity index (χ0v) is 15.7. The Kier molecular flexibility index (Phi) is 6.99. The monoisotopic (exact) mass is 392 g/mol. The highest BCUT2D eigenvalue weighted by molar-refractivity contribution is 7.21. The highest BCUT2D eigenvalue weighted by Crippen LogP contribution is 2.36. The molecule has 3 nitrogen and oxygen atoms in total. The summed E-state index contributed by atoms with van der Waals surface area (Å²) < 4.78 is 0.944. The Balaban J connectivity index is 0.00000192. The van der Waals surface area contributed by atoms with Crippen LogP contribution in [0.1, 0.15) is 28.9 Å². The first-order valence-corrected chi connectivity index (χ1v) is 9.09. The lowest BCUT2D eigenvalue weighted by atomic mass is 9.96. The lowest BCUT2D eigenvalue weighted by Crippen LogP contribution is -2.33. The zero-order chi connectivity index (χ0) is 15.5. The second-order valence-corrected chi connectivity index (χ2v) is 7.51. The number of amides is 1. The number of thiophene rings is 1. The van der Waals surface area contributed by atoms with Gasteiger partial charge in [-0.15, -0.1) is 23.7 Å². The van der Waals surface area contributed by atoms with Crippen LogP contribution in [-0.2, 0) is 0 Å². The molecule has 2 N–H and O–H groups in total. The standard InChI is InChI=1S/C16H18Cl2N2OS.ClH/c17-11-3-4-12-13(8-11)22-15(14(12)18)16(21)20-7-5-10-2-1-6-19-9-10;/h3-4,8,10,19H,1-2,5-7,9H2,(H,20,21);1H. The number of carbonyl (C=O) groups is 1.